The Hall–Kier alpha value is -3.07. The highest BCUT2D eigenvalue weighted by Crippen LogP contribution is 2.29. The van der Waals surface area contributed by atoms with Crippen LogP contribution in [0.1, 0.15) is 38.3 Å². The minimum Gasteiger partial charge on any atom is -0.355 e. The molecular formula is C29H33Cl2N3O4S. The quantitative estimate of drug-likeness (QED) is 0.294. The van der Waals surface area contributed by atoms with Crippen LogP contribution < -0.4 is 9.62 Å². The van der Waals surface area contributed by atoms with Gasteiger partial charge in [-0.05, 0) is 61.2 Å². The first kappa shape index (κ1) is 30.5. The summed E-state index contributed by atoms with van der Waals surface area (Å²) in [5, 5.41) is 3.56. The van der Waals surface area contributed by atoms with Crippen LogP contribution in [0.4, 0.5) is 5.69 Å². The first-order valence-corrected chi connectivity index (χ1v) is 15.0. The van der Waals surface area contributed by atoms with E-state index in [0.717, 1.165) is 9.87 Å². The Labute approximate surface area is 240 Å². The number of likely N-dealkylation sites (N-methyl/N-ethyl adjacent to an activating group) is 1. The van der Waals surface area contributed by atoms with E-state index in [-0.39, 0.29) is 17.3 Å². The van der Waals surface area contributed by atoms with Crippen LogP contribution in [0.5, 0.6) is 0 Å². The van der Waals surface area contributed by atoms with Gasteiger partial charge in [0.2, 0.25) is 11.8 Å². The molecule has 1 N–H and O–H groups in total. The Balaban J connectivity index is 2.11. The largest absolute Gasteiger partial charge is 0.355 e. The maximum atomic E-state index is 14.1. The topological polar surface area (TPSA) is 86.8 Å². The van der Waals surface area contributed by atoms with Crippen LogP contribution in [-0.4, -0.2) is 44.3 Å². The van der Waals surface area contributed by atoms with E-state index < -0.39 is 28.5 Å². The number of carbonyl (C=O) groups is 2. The van der Waals surface area contributed by atoms with E-state index in [0.29, 0.717) is 40.7 Å². The van der Waals surface area contributed by atoms with E-state index in [1.807, 2.05) is 19.1 Å². The summed E-state index contributed by atoms with van der Waals surface area (Å²) in [7, 11) is -4.12. The standard InChI is InChI=1S/C29H33Cl2N3O4S/c1-4-21-12-10-11-15-27(21)34(39(37,38)24-13-8-7-9-14-24)20-28(35)33(26(5-2)29(36)32-6-3)19-22-16-17-23(30)18-25(22)31/h7-18,26H,4-6,19-20H2,1-3H3,(H,32,36). The van der Waals surface area contributed by atoms with Crippen molar-refractivity contribution in [1.29, 1.82) is 0 Å². The summed E-state index contributed by atoms with van der Waals surface area (Å²) in [5.41, 5.74) is 1.77. The van der Waals surface area contributed by atoms with Crippen molar-refractivity contribution in [1.82, 2.24) is 10.2 Å². The molecule has 1 unspecified atom stereocenters. The summed E-state index contributed by atoms with van der Waals surface area (Å²) < 4.78 is 29.0. The highest BCUT2D eigenvalue weighted by atomic mass is 35.5. The number of para-hydroxylation sites is 1. The number of nitrogens with zero attached hydrogens (tertiary/aromatic N) is 2. The molecule has 3 aromatic rings. The number of sulfonamides is 1. The number of amides is 2. The number of hydrogen-bond acceptors (Lipinski definition) is 4. The van der Waals surface area contributed by atoms with Gasteiger partial charge in [-0.3, -0.25) is 13.9 Å². The van der Waals surface area contributed by atoms with Gasteiger partial charge in [0.25, 0.3) is 10.0 Å². The van der Waals surface area contributed by atoms with E-state index in [2.05, 4.69) is 5.32 Å². The number of nitrogens with one attached hydrogen (secondary N) is 1. The molecular weight excluding hydrogens is 557 g/mol. The fourth-order valence-corrected chi connectivity index (χ4v) is 6.27. The van der Waals surface area contributed by atoms with Crippen molar-refractivity contribution < 1.29 is 18.0 Å². The molecule has 7 nitrogen and oxygen atoms in total. The van der Waals surface area contributed by atoms with Crippen LogP contribution in [0, 0.1) is 0 Å². The van der Waals surface area contributed by atoms with Gasteiger partial charge in [0.15, 0.2) is 0 Å². The fraction of sp³-hybridized carbons (Fsp3) is 0.310. The van der Waals surface area contributed by atoms with Crippen LogP contribution in [-0.2, 0) is 32.6 Å². The number of aryl methyl sites for hydroxylation is 1. The van der Waals surface area contributed by atoms with Gasteiger partial charge in [0.1, 0.15) is 12.6 Å². The molecule has 208 valence electrons. The minimum atomic E-state index is -4.12. The monoisotopic (exact) mass is 589 g/mol. The molecule has 39 heavy (non-hydrogen) atoms. The summed E-state index contributed by atoms with van der Waals surface area (Å²) in [6.07, 6.45) is 0.880. The van der Waals surface area contributed by atoms with Gasteiger partial charge in [0, 0.05) is 23.1 Å². The van der Waals surface area contributed by atoms with Gasteiger partial charge < -0.3 is 10.2 Å². The maximum absolute atomic E-state index is 14.1. The fourth-order valence-electron chi connectivity index (χ4n) is 4.33. The van der Waals surface area contributed by atoms with Gasteiger partial charge in [-0.15, -0.1) is 0 Å². The minimum absolute atomic E-state index is 0.000867. The predicted molar refractivity (Wildman–Crippen MR) is 157 cm³/mol. The zero-order valence-corrected chi connectivity index (χ0v) is 24.6. The second kappa shape index (κ2) is 13.8. The van der Waals surface area contributed by atoms with E-state index >= 15 is 0 Å². The molecule has 0 heterocycles. The maximum Gasteiger partial charge on any atom is 0.264 e. The van der Waals surface area contributed by atoms with Gasteiger partial charge in [-0.25, -0.2) is 8.42 Å². The molecule has 0 spiro atoms. The molecule has 0 saturated carbocycles. The number of anilines is 1. The summed E-state index contributed by atoms with van der Waals surface area (Å²) >= 11 is 12.5. The molecule has 0 radical (unpaired) electrons. The number of rotatable bonds is 12. The zero-order valence-electron chi connectivity index (χ0n) is 22.2. The zero-order chi connectivity index (χ0) is 28.6. The van der Waals surface area contributed by atoms with Crippen LogP contribution in [0.2, 0.25) is 10.0 Å². The SMILES string of the molecule is CCNC(=O)C(CC)N(Cc1ccc(Cl)cc1Cl)C(=O)CN(c1ccccc1CC)S(=O)(=O)c1ccccc1. The Morgan fingerprint density at radius 1 is 0.897 bits per heavy atom. The summed E-state index contributed by atoms with van der Waals surface area (Å²) in [6, 6.07) is 19.2. The Morgan fingerprint density at radius 3 is 2.18 bits per heavy atom. The van der Waals surface area contributed by atoms with Crippen LogP contribution in [0.15, 0.2) is 77.7 Å². The molecule has 0 aliphatic carbocycles. The number of hydrogen-bond donors (Lipinski definition) is 1. The van der Waals surface area contributed by atoms with Gasteiger partial charge in [-0.1, -0.05) is 79.5 Å². The van der Waals surface area contributed by atoms with Gasteiger partial charge >= 0.3 is 0 Å². The van der Waals surface area contributed by atoms with Crippen LogP contribution >= 0.6 is 23.2 Å². The lowest BCUT2D eigenvalue weighted by atomic mass is 10.1. The smallest absolute Gasteiger partial charge is 0.264 e. The van der Waals surface area contributed by atoms with Crippen molar-refractivity contribution in [2.24, 2.45) is 0 Å². The predicted octanol–water partition coefficient (Wildman–Crippen LogP) is 5.69. The van der Waals surface area contributed by atoms with E-state index in [9.17, 15) is 18.0 Å². The first-order chi connectivity index (χ1) is 18.6. The molecule has 0 aliphatic heterocycles. The molecule has 3 aromatic carbocycles. The van der Waals surface area contributed by atoms with Crippen LogP contribution in [0.25, 0.3) is 0 Å². The molecule has 3 rings (SSSR count). The van der Waals surface area contributed by atoms with Crippen molar-refractivity contribution in [2.45, 2.75) is 51.1 Å². The normalized spacial score (nSPS) is 12.0. The number of halogens is 2. The highest BCUT2D eigenvalue weighted by molar-refractivity contribution is 7.92. The third-order valence-corrected chi connectivity index (χ3v) is 8.70. The lowest BCUT2D eigenvalue weighted by Gasteiger charge is -2.33. The second-order valence-corrected chi connectivity index (χ2v) is 11.6. The summed E-state index contributed by atoms with van der Waals surface area (Å²) in [6.45, 7) is 5.40. The van der Waals surface area contributed by atoms with Crippen molar-refractivity contribution in [2.75, 3.05) is 17.4 Å². The molecule has 0 aromatic heterocycles. The van der Waals surface area contributed by atoms with Gasteiger partial charge in [-0.2, -0.15) is 0 Å². The van der Waals surface area contributed by atoms with Crippen molar-refractivity contribution in [3.05, 3.63) is 94.0 Å². The van der Waals surface area contributed by atoms with E-state index in [4.69, 9.17) is 23.2 Å². The number of carbonyl (C=O) groups excluding carboxylic acids is 2. The third-order valence-electron chi connectivity index (χ3n) is 6.34. The summed E-state index contributed by atoms with van der Waals surface area (Å²) in [4.78, 5) is 28.6. The first-order valence-electron chi connectivity index (χ1n) is 12.8. The van der Waals surface area contributed by atoms with E-state index in [1.165, 1.54) is 17.0 Å². The molecule has 0 saturated heterocycles. The van der Waals surface area contributed by atoms with Crippen molar-refractivity contribution >= 4 is 50.7 Å². The average Bonchev–Trinajstić information content (AvgIpc) is 2.93. The highest BCUT2D eigenvalue weighted by Gasteiger charge is 2.34. The Kier molecular flexibility index (Phi) is 10.8. The molecule has 10 heteroatoms. The van der Waals surface area contributed by atoms with Gasteiger partial charge in [0.05, 0.1) is 10.6 Å². The molecule has 0 fully saturated rings. The second-order valence-electron chi connectivity index (χ2n) is 8.88. The Morgan fingerprint density at radius 2 is 1.56 bits per heavy atom. The lowest BCUT2D eigenvalue weighted by molar-refractivity contribution is -0.140. The molecule has 0 bridgehead atoms. The number of benzene rings is 3. The van der Waals surface area contributed by atoms with Crippen molar-refractivity contribution in [3.8, 4) is 0 Å². The molecule has 0 aliphatic rings. The molecule has 2 amide bonds. The third kappa shape index (κ3) is 7.32. The van der Waals surface area contributed by atoms with Crippen molar-refractivity contribution in [3.63, 3.8) is 0 Å². The van der Waals surface area contributed by atoms with E-state index in [1.54, 1.807) is 62.4 Å². The average molecular weight is 591 g/mol. The summed E-state index contributed by atoms with van der Waals surface area (Å²) in [5.74, 6) is -0.866. The lowest BCUT2D eigenvalue weighted by Crippen LogP contribution is -2.52. The van der Waals surface area contributed by atoms with Crippen LogP contribution in [0.3, 0.4) is 0 Å². The Bertz CT molecular complexity index is 1400. The molecule has 1 atom stereocenters.